The highest BCUT2D eigenvalue weighted by Crippen LogP contribution is 2.38. The number of morpholine rings is 1. The summed E-state index contributed by atoms with van der Waals surface area (Å²) < 4.78 is 5.90. The lowest BCUT2D eigenvalue weighted by Crippen LogP contribution is -2.60. The minimum Gasteiger partial charge on any atom is -0.373 e. The first-order valence-corrected chi connectivity index (χ1v) is 8.57. The fourth-order valence-electron chi connectivity index (χ4n) is 4.30. The number of hydrogen-bond donors (Lipinski definition) is 1. The fourth-order valence-corrected chi connectivity index (χ4v) is 4.30. The quantitative estimate of drug-likeness (QED) is 0.809. The molecular weight excluding hydrogens is 248 g/mol. The number of nitrogens with zero attached hydrogens (tertiary/aromatic N) is 1. The van der Waals surface area contributed by atoms with Crippen molar-refractivity contribution < 1.29 is 4.74 Å². The molecule has 0 bridgehead atoms. The van der Waals surface area contributed by atoms with E-state index >= 15 is 0 Å². The lowest BCUT2D eigenvalue weighted by atomic mass is 9.85. The average Bonchev–Trinajstić information content (AvgIpc) is 2.60. The van der Waals surface area contributed by atoms with Crippen molar-refractivity contribution in [3.05, 3.63) is 0 Å². The fraction of sp³-hybridized carbons (Fsp3) is 1.00. The van der Waals surface area contributed by atoms with Gasteiger partial charge in [-0.05, 0) is 44.9 Å². The predicted molar refractivity (Wildman–Crippen MR) is 84.8 cm³/mol. The molecule has 2 fully saturated rings. The van der Waals surface area contributed by atoms with Crippen LogP contribution in [0.1, 0.15) is 59.8 Å². The zero-order valence-electron chi connectivity index (χ0n) is 13.9. The van der Waals surface area contributed by atoms with Gasteiger partial charge in [0.1, 0.15) is 0 Å². The van der Waals surface area contributed by atoms with Crippen LogP contribution in [0.4, 0.5) is 0 Å². The lowest BCUT2D eigenvalue weighted by Gasteiger charge is -2.48. The van der Waals surface area contributed by atoms with E-state index in [9.17, 15) is 0 Å². The van der Waals surface area contributed by atoms with Crippen molar-refractivity contribution >= 4 is 0 Å². The molecule has 3 nitrogen and oxygen atoms in total. The van der Waals surface area contributed by atoms with Crippen molar-refractivity contribution in [3.63, 3.8) is 0 Å². The summed E-state index contributed by atoms with van der Waals surface area (Å²) in [5.41, 5.74) is 6.50. The van der Waals surface area contributed by atoms with Crippen molar-refractivity contribution in [1.82, 2.24) is 4.90 Å². The van der Waals surface area contributed by atoms with E-state index in [0.717, 1.165) is 31.5 Å². The lowest BCUT2D eigenvalue weighted by molar-refractivity contribution is -0.104. The molecule has 1 aliphatic carbocycles. The molecule has 118 valence electrons. The van der Waals surface area contributed by atoms with Gasteiger partial charge in [0.2, 0.25) is 0 Å². The van der Waals surface area contributed by atoms with Crippen LogP contribution in [0.15, 0.2) is 0 Å². The molecule has 0 amide bonds. The van der Waals surface area contributed by atoms with E-state index < -0.39 is 0 Å². The van der Waals surface area contributed by atoms with E-state index in [1.165, 1.54) is 32.1 Å². The van der Waals surface area contributed by atoms with Gasteiger partial charge < -0.3 is 10.5 Å². The first-order valence-electron chi connectivity index (χ1n) is 8.57. The Morgan fingerprint density at radius 3 is 2.35 bits per heavy atom. The first-order chi connectivity index (χ1) is 9.47. The van der Waals surface area contributed by atoms with Crippen molar-refractivity contribution in [2.75, 3.05) is 19.6 Å². The largest absolute Gasteiger partial charge is 0.373 e. The number of rotatable bonds is 3. The van der Waals surface area contributed by atoms with Gasteiger partial charge in [-0.1, -0.05) is 26.7 Å². The van der Waals surface area contributed by atoms with Crippen LogP contribution in [0, 0.1) is 11.8 Å². The minimum atomic E-state index is 0.232. The van der Waals surface area contributed by atoms with Crippen LogP contribution >= 0.6 is 0 Å². The molecule has 20 heavy (non-hydrogen) atoms. The van der Waals surface area contributed by atoms with Crippen LogP contribution in [0.25, 0.3) is 0 Å². The Kier molecular flexibility index (Phi) is 5.49. The summed E-state index contributed by atoms with van der Waals surface area (Å²) in [6.07, 6.45) is 7.28. The second-order valence-electron chi connectivity index (χ2n) is 7.53. The molecule has 0 aromatic rings. The predicted octanol–water partition coefficient (Wildman–Crippen LogP) is 3.03. The van der Waals surface area contributed by atoms with Gasteiger partial charge in [0.05, 0.1) is 12.2 Å². The standard InChI is InChI=1S/C17H34N2O/c1-13(2)16-6-5-8-17(12-18,9-7-16)19-10-14(3)20-15(4)11-19/h13-16H,5-12,18H2,1-4H3. The molecule has 1 saturated heterocycles. The summed E-state index contributed by atoms with van der Waals surface area (Å²) in [6.45, 7) is 12.0. The van der Waals surface area contributed by atoms with E-state index in [1.54, 1.807) is 0 Å². The van der Waals surface area contributed by atoms with Crippen LogP contribution < -0.4 is 5.73 Å². The summed E-state index contributed by atoms with van der Waals surface area (Å²) in [4.78, 5) is 2.66. The van der Waals surface area contributed by atoms with Crippen LogP contribution in [-0.4, -0.2) is 42.3 Å². The number of hydrogen-bond acceptors (Lipinski definition) is 3. The second kappa shape index (κ2) is 6.76. The molecule has 2 N–H and O–H groups in total. The summed E-state index contributed by atoms with van der Waals surface area (Å²) in [5.74, 6) is 1.70. The molecule has 4 unspecified atom stereocenters. The molecular formula is C17H34N2O. The molecule has 0 aromatic heterocycles. The maximum Gasteiger partial charge on any atom is 0.0678 e. The molecule has 0 spiro atoms. The molecule has 0 aromatic carbocycles. The SMILES string of the molecule is CC1CN(C2(CN)CCCC(C(C)C)CC2)CC(C)O1. The van der Waals surface area contributed by atoms with Crippen molar-refractivity contribution in [2.45, 2.75) is 77.5 Å². The third kappa shape index (κ3) is 3.55. The van der Waals surface area contributed by atoms with Crippen LogP contribution in [0.3, 0.4) is 0 Å². The topological polar surface area (TPSA) is 38.5 Å². The maximum atomic E-state index is 6.27. The smallest absolute Gasteiger partial charge is 0.0678 e. The molecule has 0 radical (unpaired) electrons. The Hall–Kier alpha value is -0.120. The zero-order valence-corrected chi connectivity index (χ0v) is 13.9. The Balaban J connectivity index is 2.08. The molecule has 3 heteroatoms. The summed E-state index contributed by atoms with van der Waals surface area (Å²) in [6, 6.07) is 0. The highest BCUT2D eigenvalue weighted by Gasteiger charge is 2.40. The molecule has 2 rings (SSSR count). The van der Waals surface area contributed by atoms with Gasteiger partial charge >= 0.3 is 0 Å². The zero-order chi connectivity index (χ0) is 14.8. The van der Waals surface area contributed by atoms with Gasteiger partial charge in [-0.25, -0.2) is 0 Å². The van der Waals surface area contributed by atoms with Crippen LogP contribution in [0.2, 0.25) is 0 Å². The number of nitrogens with two attached hydrogens (primary N) is 1. The van der Waals surface area contributed by atoms with Crippen molar-refractivity contribution in [2.24, 2.45) is 17.6 Å². The summed E-state index contributed by atoms with van der Waals surface area (Å²) >= 11 is 0. The average molecular weight is 282 g/mol. The van der Waals surface area contributed by atoms with Gasteiger partial charge in [0.25, 0.3) is 0 Å². The van der Waals surface area contributed by atoms with Crippen LogP contribution in [0.5, 0.6) is 0 Å². The summed E-state index contributed by atoms with van der Waals surface area (Å²) in [5, 5.41) is 0. The van der Waals surface area contributed by atoms with E-state index in [-0.39, 0.29) is 5.54 Å². The molecule has 1 saturated carbocycles. The second-order valence-corrected chi connectivity index (χ2v) is 7.53. The van der Waals surface area contributed by atoms with Crippen LogP contribution in [-0.2, 0) is 4.74 Å². The number of ether oxygens (including phenoxy) is 1. The van der Waals surface area contributed by atoms with E-state index in [4.69, 9.17) is 10.5 Å². The normalized spacial score (nSPS) is 40.8. The van der Waals surface area contributed by atoms with Gasteiger partial charge in [-0.3, -0.25) is 4.90 Å². The third-order valence-electron chi connectivity index (χ3n) is 5.61. The van der Waals surface area contributed by atoms with E-state index in [0.29, 0.717) is 12.2 Å². The van der Waals surface area contributed by atoms with E-state index in [1.807, 2.05) is 0 Å². The Morgan fingerprint density at radius 1 is 1.15 bits per heavy atom. The monoisotopic (exact) mass is 282 g/mol. The molecule has 2 aliphatic rings. The molecule has 4 atom stereocenters. The molecule has 1 aliphatic heterocycles. The van der Waals surface area contributed by atoms with Crippen molar-refractivity contribution in [3.8, 4) is 0 Å². The van der Waals surface area contributed by atoms with Gasteiger partial charge in [-0.2, -0.15) is 0 Å². The third-order valence-corrected chi connectivity index (χ3v) is 5.61. The highest BCUT2D eigenvalue weighted by atomic mass is 16.5. The van der Waals surface area contributed by atoms with Crippen molar-refractivity contribution in [1.29, 1.82) is 0 Å². The Bertz CT molecular complexity index is 297. The minimum absolute atomic E-state index is 0.232. The maximum absolute atomic E-state index is 6.27. The Morgan fingerprint density at radius 2 is 1.80 bits per heavy atom. The first kappa shape index (κ1) is 16.3. The van der Waals surface area contributed by atoms with Gasteiger partial charge in [-0.15, -0.1) is 0 Å². The highest BCUT2D eigenvalue weighted by molar-refractivity contribution is 4.97. The summed E-state index contributed by atoms with van der Waals surface area (Å²) in [7, 11) is 0. The van der Waals surface area contributed by atoms with E-state index in [2.05, 4.69) is 32.6 Å². The van der Waals surface area contributed by atoms with Gasteiger partial charge in [0, 0.05) is 25.2 Å². The van der Waals surface area contributed by atoms with Gasteiger partial charge in [0.15, 0.2) is 0 Å². The molecule has 1 heterocycles. The Labute approximate surface area is 125 Å².